The normalized spacial score (nSPS) is 21.8. The molecule has 1 aliphatic rings. The van der Waals surface area contributed by atoms with Crippen LogP contribution in [0.25, 0.3) is 0 Å². The van der Waals surface area contributed by atoms with Crippen LogP contribution < -0.4 is 10.6 Å². The smallest absolute Gasteiger partial charge is 0.131 e. The second kappa shape index (κ2) is 5.47. The highest BCUT2D eigenvalue weighted by Crippen LogP contribution is 2.23. The Morgan fingerprint density at radius 3 is 3.12 bits per heavy atom. The molecule has 4 heteroatoms. The number of nitrogens with zero attached hydrogens (tertiary/aromatic N) is 2. The van der Waals surface area contributed by atoms with E-state index in [9.17, 15) is 0 Å². The Bertz CT molecular complexity index is 367. The van der Waals surface area contributed by atoms with Gasteiger partial charge in [0.15, 0.2) is 0 Å². The standard InChI is InChI=1S/C13H21N3O/c1-10(14)8-11-4-3-6-15-13(11)16-7-5-12(9-16)17-2/h3-4,6,10,12H,5,7-9,14H2,1-2H3. The zero-order chi connectivity index (χ0) is 12.3. The summed E-state index contributed by atoms with van der Waals surface area (Å²) < 4.78 is 5.39. The minimum Gasteiger partial charge on any atom is -0.380 e. The van der Waals surface area contributed by atoms with Crippen molar-refractivity contribution >= 4 is 5.82 Å². The van der Waals surface area contributed by atoms with E-state index in [0.29, 0.717) is 6.10 Å². The van der Waals surface area contributed by atoms with Gasteiger partial charge in [-0.25, -0.2) is 4.98 Å². The molecule has 2 heterocycles. The molecule has 0 amide bonds. The van der Waals surface area contributed by atoms with Crippen LogP contribution in [0.1, 0.15) is 18.9 Å². The molecule has 2 unspecified atom stereocenters. The molecule has 1 saturated heterocycles. The second-order valence-corrected chi connectivity index (χ2v) is 4.76. The Morgan fingerprint density at radius 2 is 2.47 bits per heavy atom. The lowest BCUT2D eigenvalue weighted by Gasteiger charge is -2.21. The number of anilines is 1. The fourth-order valence-corrected chi connectivity index (χ4v) is 2.33. The van der Waals surface area contributed by atoms with Gasteiger partial charge >= 0.3 is 0 Å². The van der Waals surface area contributed by atoms with Gasteiger partial charge in [-0.05, 0) is 31.4 Å². The van der Waals surface area contributed by atoms with Crippen LogP contribution in [0, 0.1) is 0 Å². The van der Waals surface area contributed by atoms with Crippen molar-refractivity contribution in [2.24, 2.45) is 5.73 Å². The van der Waals surface area contributed by atoms with E-state index in [1.54, 1.807) is 7.11 Å². The molecule has 1 aromatic rings. The zero-order valence-electron chi connectivity index (χ0n) is 10.6. The fraction of sp³-hybridized carbons (Fsp3) is 0.615. The largest absolute Gasteiger partial charge is 0.380 e. The molecule has 94 valence electrons. The Balaban J connectivity index is 2.14. The van der Waals surface area contributed by atoms with Crippen molar-refractivity contribution in [2.45, 2.75) is 31.9 Å². The van der Waals surface area contributed by atoms with Crippen LogP contribution in [-0.4, -0.2) is 37.3 Å². The Hall–Kier alpha value is -1.13. The number of hydrogen-bond donors (Lipinski definition) is 1. The van der Waals surface area contributed by atoms with Gasteiger partial charge in [-0.15, -0.1) is 0 Å². The molecule has 0 bridgehead atoms. The molecule has 17 heavy (non-hydrogen) atoms. The van der Waals surface area contributed by atoms with Gasteiger partial charge in [-0.1, -0.05) is 6.07 Å². The maximum absolute atomic E-state index is 5.87. The van der Waals surface area contributed by atoms with Crippen LogP contribution in [0.15, 0.2) is 18.3 Å². The minimum atomic E-state index is 0.166. The fourth-order valence-electron chi connectivity index (χ4n) is 2.33. The summed E-state index contributed by atoms with van der Waals surface area (Å²) in [6.07, 6.45) is 4.13. The van der Waals surface area contributed by atoms with Crippen molar-refractivity contribution in [2.75, 3.05) is 25.1 Å². The van der Waals surface area contributed by atoms with Gasteiger partial charge in [0, 0.05) is 32.4 Å². The maximum atomic E-state index is 5.87. The molecular weight excluding hydrogens is 214 g/mol. The predicted octanol–water partition coefficient (Wildman–Crippen LogP) is 1.20. The van der Waals surface area contributed by atoms with Crippen molar-refractivity contribution < 1.29 is 4.74 Å². The van der Waals surface area contributed by atoms with E-state index in [0.717, 1.165) is 31.7 Å². The average molecular weight is 235 g/mol. The number of aromatic nitrogens is 1. The molecule has 1 aromatic heterocycles. The van der Waals surface area contributed by atoms with Crippen LogP contribution >= 0.6 is 0 Å². The number of ether oxygens (including phenoxy) is 1. The van der Waals surface area contributed by atoms with Crippen molar-refractivity contribution in [3.63, 3.8) is 0 Å². The summed E-state index contributed by atoms with van der Waals surface area (Å²) in [6.45, 7) is 3.97. The third-order valence-electron chi connectivity index (χ3n) is 3.19. The van der Waals surface area contributed by atoms with Gasteiger partial charge in [0.2, 0.25) is 0 Å². The number of methoxy groups -OCH3 is 1. The molecule has 0 spiro atoms. The third-order valence-corrected chi connectivity index (χ3v) is 3.19. The van der Waals surface area contributed by atoms with Gasteiger partial charge in [0.1, 0.15) is 5.82 Å². The molecule has 2 atom stereocenters. The first-order valence-electron chi connectivity index (χ1n) is 6.18. The molecule has 0 aromatic carbocycles. The van der Waals surface area contributed by atoms with Crippen molar-refractivity contribution in [1.29, 1.82) is 0 Å². The van der Waals surface area contributed by atoms with Gasteiger partial charge in [-0.3, -0.25) is 0 Å². The van der Waals surface area contributed by atoms with Gasteiger partial charge in [-0.2, -0.15) is 0 Å². The number of nitrogens with two attached hydrogens (primary N) is 1. The molecule has 2 rings (SSSR count). The van der Waals surface area contributed by atoms with E-state index in [2.05, 4.69) is 16.0 Å². The van der Waals surface area contributed by atoms with Crippen molar-refractivity contribution in [1.82, 2.24) is 4.98 Å². The molecule has 4 nitrogen and oxygen atoms in total. The monoisotopic (exact) mass is 235 g/mol. The van der Waals surface area contributed by atoms with E-state index in [4.69, 9.17) is 10.5 Å². The molecular formula is C13H21N3O. The predicted molar refractivity (Wildman–Crippen MR) is 69.2 cm³/mol. The molecule has 1 fully saturated rings. The topological polar surface area (TPSA) is 51.4 Å². The first-order chi connectivity index (χ1) is 8.20. The van der Waals surface area contributed by atoms with Crippen LogP contribution in [0.3, 0.4) is 0 Å². The summed E-state index contributed by atoms with van der Waals surface area (Å²) in [6, 6.07) is 4.26. The molecule has 1 aliphatic heterocycles. The second-order valence-electron chi connectivity index (χ2n) is 4.76. The number of pyridine rings is 1. The average Bonchev–Trinajstić information content (AvgIpc) is 2.77. The zero-order valence-corrected chi connectivity index (χ0v) is 10.6. The molecule has 0 saturated carbocycles. The highest BCUT2D eigenvalue weighted by molar-refractivity contribution is 5.48. The van der Waals surface area contributed by atoms with Crippen LogP contribution in [0.5, 0.6) is 0 Å². The van der Waals surface area contributed by atoms with Gasteiger partial charge in [0.25, 0.3) is 0 Å². The van der Waals surface area contributed by atoms with E-state index in [1.807, 2.05) is 19.2 Å². The van der Waals surface area contributed by atoms with E-state index in [-0.39, 0.29) is 6.04 Å². The maximum Gasteiger partial charge on any atom is 0.131 e. The van der Waals surface area contributed by atoms with Crippen molar-refractivity contribution in [3.05, 3.63) is 23.9 Å². The minimum absolute atomic E-state index is 0.166. The Kier molecular flexibility index (Phi) is 3.97. The number of hydrogen-bond acceptors (Lipinski definition) is 4. The van der Waals surface area contributed by atoms with Gasteiger partial charge in [0.05, 0.1) is 6.10 Å². The summed E-state index contributed by atoms with van der Waals surface area (Å²) in [5, 5.41) is 0. The van der Waals surface area contributed by atoms with Crippen LogP contribution in [-0.2, 0) is 11.2 Å². The number of rotatable bonds is 4. The first kappa shape index (κ1) is 12.3. The summed E-state index contributed by atoms with van der Waals surface area (Å²) in [5.41, 5.74) is 7.11. The lowest BCUT2D eigenvalue weighted by Crippen LogP contribution is -2.26. The van der Waals surface area contributed by atoms with E-state index >= 15 is 0 Å². The third kappa shape index (κ3) is 2.96. The molecule has 0 radical (unpaired) electrons. The SMILES string of the molecule is COC1CCN(c2ncccc2CC(C)N)C1. The van der Waals surface area contributed by atoms with Crippen molar-refractivity contribution in [3.8, 4) is 0 Å². The quantitative estimate of drug-likeness (QED) is 0.852. The van der Waals surface area contributed by atoms with Crippen LogP contribution in [0.4, 0.5) is 5.82 Å². The summed E-state index contributed by atoms with van der Waals surface area (Å²) in [5.74, 6) is 1.07. The lowest BCUT2D eigenvalue weighted by atomic mass is 10.1. The van der Waals surface area contributed by atoms with E-state index < -0.39 is 0 Å². The summed E-state index contributed by atoms with van der Waals surface area (Å²) in [7, 11) is 1.77. The molecule has 2 N–H and O–H groups in total. The van der Waals surface area contributed by atoms with E-state index in [1.165, 1.54) is 5.56 Å². The Morgan fingerprint density at radius 1 is 1.65 bits per heavy atom. The summed E-state index contributed by atoms with van der Waals surface area (Å²) >= 11 is 0. The highest BCUT2D eigenvalue weighted by atomic mass is 16.5. The van der Waals surface area contributed by atoms with Gasteiger partial charge < -0.3 is 15.4 Å². The lowest BCUT2D eigenvalue weighted by molar-refractivity contribution is 0.121. The highest BCUT2D eigenvalue weighted by Gasteiger charge is 2.24. The molecule has 0 aliphatic carbocycles. The Labute approximate surface area is 103 Å². The summed E-state index contributed by atoms with van der Waals surface area (Å²) in [4.78, 5) is 6.79. The van der Waals surface area contributed by atoms with Crippen LogP contribution in [0.2, 0.25) is 0 Å². The first-order valence-corrected chi connectivity index (χ1v) is 6.18.